The molecule has 2 atom stereocenters. The molecule has 0 bridgehead atoms. The van der Waals surface area contributed by atoms with Crippen LogP contribution in [0.2, 0.25) is 5.15 Å². The molecule has 0 saturated carbocycles. The standard InChI is InChI=1S/C19H20ClN3OS.C2HF3O2/c20-17-10-14(22-11-12-5-2-1-3-6-12)19-15(23-17)9-16(25-19)18-13(21)7-4-8-24-18;3-2(4,5)1(6)7/h1-3,5-6,9-10,13,18H,4,7-8,11,21H2,(H,22,23);(H,6,7)/t13-,18-;/m0./s1. The molecule has 32 heavy (non-hydrogen) atoms. The van der Waals surface area contributed by atoms with Gasteiger partial charge >= 0.3 is 12.1 Å². The van der Waals surface area contributed by atoms with Crippen molar-refractivity contribution in [2.45, 2.75) is 37.7 Å². The van der Waals surface area contributed by atoms with Gasteiger partial charge in [-0.25, -0.2) is 9.78 Å². The molecule has 4 rings (SSSR count). The smallest absolute Gasteiger partial charge is 0.475 e. The minimum atomic E-state index is -5.08. The number of hydrogen-bond acceptors (Lipinski definition) is 6. The molecular weight excluding hydrogens is 467 g/mol. The number of fused-ring (bicyclic) bond motifs is 1. The van der Waals surface area contributed by atoms with Crippen LogP contribution < -0.4 is 11.1 Å². The number of hydrogen-bond donors (Lipinski definition) is 3. The van der Waals surface area contributed by atoms with Crippen molar-refractivity contribution in [3.8, 4) is 0 Å². The van der Waals surface area contributed by atoms with Crippen LogP contribution in [-0.4, -0.2) is 34.9 Å². The maximum atomic E-state index is 10.6. The lowest BCUT2D eigenvalue weighted by Crippen LogP contribution is -2.33. The van der Waals surface area contributed by atoms with Gasteiger partial charge in [-0.3, -0.25) is 0 Å². The predicted molar refractivity (Wildman–Crippen MR) is 118 cm³/mol. The van der Waals surface area contributed by atoms with Gasteiger partial charge in [0.15, 0.2) is 0 Å². The molecule has 3 heterocycles. The Bertz CT molecular complexity index is 1060. The Morgan fingerprint density at radius 3 is 2.62 bits per heavy atom. The number of rotatable bonds is 4. The van der Waals surface area contributed by atoms with E-state index in [9.17, 15) is 13.2 Å². The summed E-state index contributed by atoms with van der Waals surface area (Å²) in [4.78, 5) is 14.5. The first-order chi connectivity index (χ1) is 15.1. The summed E-state index contributed by atoms with van der Waals surface area (Å²) in [6.45, 7) is 1.50. The van der Waals surface area contributed by atoms with Gasteiger partial charge in [0, 0.05) is 30.1 Å². The first-order valence-corrected chi connectivity index (χ1v) is 10.9. The maximum absolute atomic E-state index is 10.6. The van der Waals surface area contributed by atoms with Crippen molar-refractivity contribution in [1.29, 1.82) is 0 Å². The molecule has 4 N–H and O–H groups in total. The van der Waals surface area contributed by atoms with Gasteiger partial charge in [-0.15, -0.1) is 11.3 Å². The fourth-order valence-corrected chi connectivity index (χ4v) is 4.59. The summed E-state index contributed by atoms with van der Waals surface area (Å²) in [7, 11) is 0. The van der Waals surface area contributed by atoms with E-state index in [1.165, 1.54) is 5.56 Å². The van der Waals surface area contributed by atoms with E-state index in [2.05, 4.69) is 28.5 Å². The second kappa shape index (κ2) is 10.5. The Morgan fingerprint density at radius 1 is 1.31 bits per heavy atom. The Labute approximate surface area is 191 Å². The molecule has 0 aliphatic carbocycles. The molecule has 1 saturated heterocycles. The normalized spacial score (nSPS) is 18.7. The van der Waals surface area contributed by atoms with E-state index >= 15 is 0 Å². The van der Waals surface area contributed by atoms with Crippen LogP contribution >= 0.6 is 22.9 Å². The number of ether oxygens (including phenoxy) is 1. The number of halogens is 4. The summed E-state index contributed by atoms with van der Waals surface area (Å²) >= 11 is 7.92. The molecule has 0 amide bonds. The quantitative estimate of drug-likeness (QED) is 0.428. The van der Waals surface area contributed by atoms with Crippen molar-refractivity contribution in [3.63, 3.8) is 0 Å². The lowest BCUT2D eigenvalue weighted by molar-refractivity contribution is -0.192. The number of pyridine rings is 1. The molecule has 172 valence electrons. The van der Waals surface area contributed by atoms with E-state index in [4.69, 9.17) is 32.0 Å². The van der Waals surface area contributed by atoms with Gasteiger partial charge in [0.05, 0.1) is 15.9 Å². The number of aromatic nitrogens is 1. The van der Waals surface area contributed by atoms with Crippen LogP contribution in [0.25, 0.3) is 10.2 Å². The number of aliphatic carboxylic acids is 1. The highest BCUT2D eigenvalue weighted by atomic mass is 35.5. The van der Waals surface area contributed by atoms with Crippen molar-refractivity contribution < 1.29 is 27.8 Å². The van der Waals surface area contributed by atoms with Crippen LogP contribution in [0.3, 0.4) is 0 Å². The number of nitrogens with two attached hydrogens (primary N) is 1. The molecule has 1 aromatic carbocycles. The molecule has 0 radical (unpaired) electrons. The Hall–Kier alpha value is -2.40. The third-order valence-electron chi connectivity index (χ3n) is 4.68. The zero-order chi connectivity index (χ0) is 23.3. The van der Waals surface area contributed by atoms with Crippen molar-refractivity contribution in [1.82, 2.24) is 4.98 Å². The summed E-state index contributed by atoms with van der Waals surface area (Å²) < 4.78 is 38.7. The van der Waals surface area contributed by atoms with Gasteiger partial charge in [-0.2, -0.15) is 13.2 Å². The Kier molecular flexibility index (Phi) is 7.94. The minimum Gasteiger partial charge on any atom is -0.475 e. The van der Waals surface area contributed by atoms with E-state index in [1.54, 1.807) is 11.3 Å². The fourth-order valence-electron chi connectivity index (χ4n) is 3.17. The molecule has 0 unspecified atom stereocenters. The van der Waals surface area contributed by atoms with E-state index in [1.807, 2.05) is 24.3 Å². The number of benzene rings is 1. The minimum absolute atomic E-state index is 0.0398. The highest BCUT2D eigenvalue weighted by molar-refractivity contribution is 7.19. The number of carbonyl (C=O) groups is 1. The molecule has 3 aromatic rings. The second-order valence-electron chi connectivity index (χ2n) is 7.10. The van der Waals surface area contributed by atoms with Crippen LogP contribution in [0.4, 0.5) is 18.9 Å². The second-order valence-corrected chi connectivity index (χ2v) is 8.57. The number of nitrogens with one attached hydrogen (secondary N) is 1. The molecule has 0 spiro atoms. The first-order valence-electron chi connectivity index (χ1n) is 9.70. The van der Waals surface area contributed by atoms with Crippen molar-refractivity contribution >= 4 is 44.8 Å². The Morgan fingerprint density at radius 2 is 2.00 bits per heavy atom. The van der Waals surface area contributed by atoms with Crippen LogP contribution in [0.15, 0.2) is 42.5 Å². The molecule has 11 heteroatoms. The van der Waals surface area contributed by atoms with Gasteiger partial charge < -0.3 is 20.9 Å². The lowest BCUT2D eigenvalue weighted by Gasteiger charge is -2.27. The number of anilines is 1. The van der Waals surface area contributed by atoms with Crippen LogP contribution in [0, 0.1) is 0 Å². The van der Waals surface area contributed by atoms with Crippen molar-refractivity contribution in [2.24, 2.45) is 5.73 Å². The van der Waals surface area contributed by atoms with Gasteiger partial charge in [0.25, 0.3) is 0 Å². The van der Waals surface area contributed by atoms with Gasteiger partial charge in [0.2, 0.25) is 0 Å². The largest absolute Gasteiger partial charge is 0.490 e. The number of carboxylic acids is 1. The highest BCUT2D eigenvalue weighted by Crippen LogP contribution is 2.39. The first kappa shape index (κ1) is 24.2. The third kappa shape index (κ3) is 6.32. The summed E-state index contributed by atoms with van der Waals surface area (Å²) in [5, 5.41) is 11.1. The molecule has 6 nitrogen and oxygen atoms in total. The topological polar surface area (TPSA) is 97.5 Å². The van der Waals surface area contributed by atoms with E-state index in [-0.39, 0.29) is 12.1 Å². The SMILES string of the molecule is N[C@H]1CCCO[C@@H]1c1cc2nc(Cl)cc(NCc3ccccc3)c2s1.O=C(O)C(F)(F)F. The Balaban J connectivity index is 0.000000360. The number of nitrogens with zero attached hydrogens (tertiary/aromatic N) is 1. The lowest BCUT2D eigenvalue weighted by atomic mass is 10.0. The summed E-state index contributed by atoms with van der Waals surface area (Å²) in [5.74, 6) is -2.76. The van der Waals surface area contributed by atoms with Crippen LogP contribution in [0.5, 0.6) is 0 Å². The average molecular weight is 488 g/mol. The zero-order valence-corrected chi connectivity index (χ0v) is 18.3. The average Bonchev–Trinajstić information content (AvgIpc) is 3.16. The van der Waals surface area contributed by atoms with E-state index in [0.717, 1.165) is 46.8 Å². The monoisotopic (exact) mass is 487 g/mol. The van der Waals surface area contributed by atoms with Gasteiger partial charge in [-0.1, -0.05) is 41.9 Å². The van der Waals surface area contributed by atoms with Crippen LogP contribution in [-0.2, 0) is 16.1 Å². The molecule has 2 aromatic heterocycles. The molecular formula is C21H21ClF3N3O3S. The highest BCUT2D eigenvalue weighted by Gasteiger charge is 2.38. The van der Waals surface area contributed by atoms with E-state index in [0.29, 0.717) is 5.15 Å². The van der Waals surface area contributed by atoms with Gasteiger partial charge in [-0.05, 0) is 24.5 Å². The van der Waals surface area contributed by atoms with Gasteiger partial charge in [0.1, 0.15) is 11.3 Å². The molecule has 1 fully saturated rings. The van der Waals surface area contributed by atoms with Crippen molar-refractivity contribution in [3.05, 3.63) is 58.1 Å². The number of carboxylic acid groups (broad SMARTS) is 1. The van der Waals surface area contributed by atoms with Crippen LogP contribution in [0.1, 0.15) is 29.4 Å². The predicted octanol–water partition coefficient (Wildman–Crippen LogP) is 5.37. The summed E-state index contributed by atoms with van der Waals surface area (Å²) in [6.07, 6.45) is -3.11. The zero-order valence-electron chi connectivity index (χ0n) is 16.7. The number of alkyl halides is 3. The van der Waals surface area contributed by atoms with Crippen molar-refractivity contribution in [2.75, 3.05) is 11.9 Å². The maximum Gasteiger partial charge on any atom is 0.490 e. The molecule has 1 aliphatic rings. The summed E-state index contributed by atoms with van der Waals surface area (Å²) in [5.41, 5.74) is 9.37. The number of thiophene rings is 1. The van der Waals surface area contributed by atoms with E-state index < -0.39 is 12.1 Å². The third-order valence-corrected chi connectivity index (χ3v) is 6.10. The fraction of sp³-hybridized carbons (Fsp3) is 0.333. The summed E-state index contributed by atoms with van der Waals surface area (Å²) in [6, 6.07) is 14.3. The molecule has 1 aliphatic heterocycles.